The fourth-order valence-corrected chi connectivity index (χ4v) is 5.14. The average Bonchev–Trinajstić information content (AvgIpc) is 3.78. The Balaban J connectivity index is 1.95. The maximum absolute atomic E-state index is 12.1. The normalized spacial score (nSPS) is 17.9. The average molecular weight is 619 g/mol. The van der Waals surface area contributed by atoms with Crippen LogP contribution in [0.4, 0.5) is 0 Å². The first-order valence-corrected chi connectivity index (χ1v) is 18.1. The summed E-state index contributed by atoms with van der Waals surface area (Å²) in [6.45, 7) is 6.38. The van der Waals surface area contributed by atoms with Gasteiger partial charge in [-0.05, 0) is 50.9 Å². The van der Waals surface area contributed by atoms with Gasteiger partial charge in [0.25, 0.3) is 0 Å². The predicted molar refractivity (Wildman–Crippen MR) is 181 cm³/mol. The van der Waals surface area contributed by atoms with Crippen molar-refractivity contribution < 1.29 is 28.9 Å². The SMILES string of the molecule is CCCCCC1OC1C/C=C\C/C=C\C/C=C\CCCC(=O)OC[C@H](CO)OC(=O)CCCCCCCCCCC(C)CC. The molecule has 0 aliphatic carbocycles. The molecule has 1 rings (SSSR count). The van der Waals surface area contributed by atoms with Crippen LogP contribution < -0.4 is 0 Å². The van der Waals surface area contributed by atoms with E-state index in [1.807, 2.05) is 0 Å². The van der Waals surface area contributed by atoms with Crippen molar-refractivity contribution in [2.45, 2.75) is 174 Å². The van der Waals surface area contributed by atoms with Crippen LogP contribution >= 0.6 is 0 Å². The van der Waals surface area contributed by atoms with Crippen LogP contribution in [0.1, 0.15) is 156 Å². The number of hydrogen-bond acceptors (Lipinski definition) is 6. The molecule has 0 aromatic carbocycles. The number of allylic oxidation sites excluding steroid dienone is 5. The molecule has 0 aromatic heterocycles. The number of esters is 2. The Hall–Kier alpha value is -1.92. The summed E-state index contributed by atoms with van der Waals surface area (Å²) in [4.78, 5) is 24.1. The fourth-order valence-electron chi connectivity index (χ4n) is 5.14. The van der Waals surface area contributed by atoms with Crippen LogP contribution in [0.15, 0.2) is 36.5 Å². The van der Waals surface area contributed by atoms with E-state index < -0.39 is 6.10 Å². The van der Waals surface area contributed by atoms with Crippen molar-refractivity contribution in [1.82, 2.24) is 0 Å². The van der Waals surface area contributed by atoms with Crippen molar-refractivity contribution >= 4 is 11.9 Å². The second kappa shape index (κ2) is 28.5. The van der Waals surface area contributed by atoms with Crippen LogP contribution in [-0.2, 0) is 23.8 Å². The maximum Gasteiger partial charge on any atom is 0.306 e. The molecule has 0 bridgehead atoms. The number of aliphatic hydroxyl groups excluding tert-OH is 1. The third-order valence-corrected chi connectivity index (χ3v) is 8.40. The molecule has 1 aliphatic heterocycles. The number of hydrogen-bond donors (Lipinski definition) is 1. The summed E-state index contributed by atoms with van der Waals surface area (Å²) in [6.07, 6.45) is 35.2. The van der Waals surface area contributed by atoms with Gasteiger partial charge in [-0.15, -0.1) is 0 Å². The van der Waals surface area contributed by atoms with Crippen LogP contribution in [-0.4, -0.2) is 48.6 Å². The lowest BCUT2D eigenvalue weighted by Crippen LogP contribution is -2.28. The number of aliphatic hydroxyl groups is 1. The van der Waals surface area contributed by atoms with E-state index in [0.29, 0.717) is 31.5 Å². The second-order valence-electron chi connectivity index (χ2n) is 12.6. The highest BCUT2D eigenvalue weighted by Gasteiger charge is 2.36. The van der Waals surface area contributed by atoms with Gasteiger partial charge in [0.2, 0.25) is 0 Å². The molecule has 6 nitrogen and oxygen atoms in total. The monoisotopic (exact) mass is 618 g/mol. The molecule has 0 amide bonds. The zero-order valence-electron chi connectivity index (χ0n) is 28.5. The first-order valence-electron chi connectivity index (χ1n) is 18.1. The summed E-state index contributed by atoms with van der Waals surface area (Å²) in [7, 11) is 0. The van der Waals surface area contributed by atoms with Crippen molar-refractivity contribution in [2.75, 3.05) is 13.2 Å². The minimum atomic E-state index is -0.794. The van der Waals surface area contributed by atoms with Crippen LogP contribution in [0.5, 0.6) is 0 Å². The zero-order chi connectivity index (χ0) is 32.1. The largest absolute Gasteiger partial charge is 0.462 e. The topological polar surface area (TPSA) is 85.4 Å². The summed E-state index contributed by atoms with van der Waals surface area (Å²) in [5.74, 6) is 0.186. The molecule has 1 aliphatic rings. The molecule has 1 N–H and O–H groups in total. The van der Waals surface area contributed by atoms with E-state index in [1.54, 1.807) is 0 Å². The van der Waals surface area contributed by atoms with E-state index in [2.05, 4.69) is 57.2 Å². The highest BCUT2D eigenvalue weighted by molar-refractivity contribution is 5.70. The van der Waals surface area contributed by atoms with Crippen molar-refractivity contribution in [3.8, 4) is 0 Å². The van der Waals surface area contributed by atoms with Gasteiger partial charge in [0.05, 0.1) is 18.8 Å². The van der Waals surface area contributed by atoms with E-state index in [0.717, 1.165) is 50.9 Å². The molecular formula is C38H66O6. The Morgan fingerprint density at radius 2 is 1.39 bits per heavy atom. The van der Waals surface area contributed by atoms with Crippen LogP contribution in [0, 0.1) is 5.92 Å². The number of epoxide rings is 1. The van der Waals surface area contributed by atoms with Gasteiger partial charge in [-0.3, -0.25) is 9.59 Å². The molecule has 0 aromatic rings. The van der Waals surface area contributed by atoms with Crippen LogP contribution in [0.25, 0.3) is 0 Å². The molecule has 0 spiro atoms. The molecule has 1 fully saturated rings. The van der Waals surface area contributed by atoms with E-state index in [-0.39, 0.29) is 25.2 Å². The number of carbonyl (C=O) groups excluding carboxylic acids is 2. The summed E-state index contributed by atoms with van der Waals surface area (Å²) in [6, 6.07) is 0. The molecule has 44 heavy (non-hydrogen) atoms. The molecule has 0 saturated carbocycles. The molecule has 0 radical (unpaired) electrons. The van der Waals surface area contributed by atoms with E-state index in [4.69, 9.17) is 14.2 Å². The number of ether oxygens (including phenoxy) is 3. The molecule has 6 heteroatoms. The van der Waals surface area contributed by atoms with Gasteiger partial charge in [-0.2, -0.15) is 0 Å². The second-order valence-corrected chi connectivity index (χ2v) is 12.6. The number of unbranched alkanes of at least 4 members (excludes halogenated alkanes) is 10. The van der Waals surface area contributed by atoms with Gasteiger partial charge >= 0.3 is 11.9 Å². The first-order chi connectivity index (χ1) is 21.5. The van der Waals surface area contributed by atoms with Crippen LogP contribution in [0.3, 0.4) is 0 Å². The number of carbonyl (C=O) groups is 2. The number of rotatable bonds is 30. The molecule has 1 saturated heterocycles. The summed E-state index contributed by atoms with van der Waals surface area (Å²) in [5, 5.41) is 9.51. The standard InChI is InChI=1S/C38H66O6/c1-4-6-21-27-35-36(44-35)28-23-18-14-9-7-8-10-15-19-24-29-37(40)42-32-34(31-39)43-38(41)30-25-20-16-12-11-13-17-22-26-33(3)5-2/h7,9-10,15,18,23,33-36,39H,4-6,8,11-14,16-17,19-22,24-32H2,1-3H3/b9-7-,15-10-,23-18-/t33?,34-,35?,36?/m0/s1. The fraction of sp³-hybridized carbons (Fsp3) is 0.789. The highest BCUT2D eigenvalue weighted by atomic mass is 16.6. The van der Waals surface area contributed by atoms with Crippen molar-refractivity contribution in [1.29, 1.82) is 0 Å². The van der Waals surface area contributed by atoms with E-state index in [9.17, 15) is 14.7 Å². The van der Waals surface area contributed by atoms with Gasteiger partial charge < -0.3 is 19.3 Å². The lowest BCUT2D eigenvalue weighted by atomic mass is 9.99. The third kappa shape index (κ3) is 24.4. The first kappa shape index (κ1) is 40.1. The highest BCUT2D eigenvalue weighted by Crippen LogP contribution is 2.30. The molecule has 3 unspecified atom stereocenters. The Bertz CT molecular complexity index is 788. The zero-order valence-corrected chi connectivity index (χ0v) is 28.5. The third-order valence-electron chi connectivity index (χ3n) is 8.40. The molecule has 4 atom stereocenters. The lowest BCUT2D eigenvalue weighted by Gasteiger charge is -2.15. The van der Waals surface area contributed by atoms with Crippen molar-refractivity contribution in [3.63, 3.8) is 0 Å². The summed E-state index contributed by atoms with van der Waals surface area (Å²) >= 11 is 0. The molecule has 254 valence electrons. The van der Waals surface area contributed by atoms with E-state index >= 15 is 0 Å². The Morgan fingerprint density at radius 1 is 0.750 bits per heavy atom. The Labute approximate surface area is 270 Å². The predicted octanol–water partition coefficient (Wildman–Crippen LogP) is 9.74. The van der Waals surface area contributed by atoms with Gasteiger partial charge in [0, 0.05) is 12.8 Å². The Kier molecular flexibility index (Phi) is 26.0. The van der Waals surface area contributed by atoms with Crippen molar-refractivity contribution in [3.05, 3.63) is 36.5 Å². The van der Waals surface area contributed by atoms with Crippen LogP contribution in [0.2, 0.25) is 0 Å². The quantitative estimate of drug-likeness (QED) is 0.0373. The minimum Gasteiger partial charge on any atom is -0.462 e. The van der Waals surface area contributed by atoms with Gasteiger partial charge in [-0.1, -0.05) is 134 Å². The van der Waals surface area contributed by atoms with E-state index in [1.165, 1.54) is 70.6 Å². The summed E-state index contributed by atoms with van der Waals surface area (Å²) < 4.78 is 16.2. The van der Waals surface area contributed by atoms with Crippen molar-refractivity contribution in [2.24, 2.45) is 5.92 Å². The molecule has 1 heterocycles. The Morgan fingerprint density at radius 3 is 2.07 bits per heavy atom. The van der Waals surface area contributed by atoms with Gasteiger partial charge in [0.1, 0.15) is 6.61 Å². The summed E-state index contributed by atoms with van der Waals surface area (Å²) in [5.41, 5.74) is 0. The lowest BCUT2D eigenvalue weighted by molar-refractivity contribution is -0.161. The van der Waals surface area contributed by atoms with Gasteiger partial charge in [-0.25, -0.2) is 0 Å². The van der Waals surface area contributed by atoms with Gasteiger partial charge in [0.15, 0.2) is 6.10 Å². The molecular weight excluding hydrogens is 552 g/mol. The smallest absolute Gasteiger partial charge is 0.306 e. The minimum absolute atomic E-state index is 0.0968. The maximum atomic E-state index is 12.1.